The maximum absolute atomic E-state index is 9.07. The second kappa shape index (κ2) is 6.36. The van der Waals surface area contributed by atoms with Crippen LogP contribution in [-0.4, -0.2) is 48.5 Å². The molecule has 96 valence electrons. The zero-order chi connectivity index (χ0) is 12.8. The van der Waals surface area contributed by atoms with Crippen LogP contribution in [0.5, 0.6) is 0 Å². The highest BCUT2D eigenvalue weighted by Crippen LogP contribution is 2.20. The van der Waals surface area contributed by atoms with Gasteiger partial charge in [0.25, 0.3) is 0 Å². The predicted molar refractivity (Wildman–Crippen MR) is 67.1 cm³/mol. The molecule has 17 heavy (non-hydrogen) atoms. The van der Waals surface area contributed by atoms with Crippen molar-refractivity contribution in [1.29, 1.82) is 0 Å². The van der Waals surface area contributed by atoms with Crippen molar-refractivity contribution in [2.45, 2.75) is 13.8 Å². The highest BCUT2D eigenvalue weighted by Gasteiger charge is 2.13. The summed E-state index contributed by atoms with van der Waals surface area (Å²) in [5, 5.41) is 9.07. The third-order valence-electron chi connectivity index (χ3n) is 2.50. The number of aliphatic hydroxyl groups excluding tert-OH is 1. The van der Waals surface area contributed by atoms with Crippen LogP contribution in [0.3, 0.4) is 0 Å². The van der Waals surface area contributed by atoms with Gasteiger partial charge in [-0.05, 0) is 13.8 Å². The van der Waals surface area contributed by atoms with Gasteiger partial charge in [-0.2, -0.15) is 0 Å². The van der Waals surface area contributed by atoms with Gasteiger partial charge in [0.2, 0.25) is 0 Å². The lowest BCUT2D eigenvalue weighted by Gasteiger charge is -2.24. The highest BCUT2D eigenvalue weighted by atomic mass is 16.5. The topological polar surface area (TPSA) is 84.5 Å². The molecule has 0 saturated carbocycles. The zero-order valence-corrected chi connectivity index (χ0v) is 10.6. The molecule has 0 unspecified atom stereocenters. The van der Waals surface area contributed by atoms with Gasteiger partial charge in [0.1, 0.15) is 17.5 Å². The number of anilines is 2. The number of aliphatic hydroxyl groups is 1. The van der Waals surface area contributed by atoms with E-state index in [0.29, 0.717) is 31.3 Å². The molecule has 6 nitrogen and oxygen atoms in total. The van der Waals surface area contributed by atoms with E-state index in [1.54, 1.807) is 14.0 Å². The molecule has 0 radical (unpaired) electrons. The van der Waals surface area contributed by atoms with E-state index >= 15 is 0 Å². The summed E-state index contributed by atoms with van der Waals surface area (Å²) in [7, 11) is 1.64. The van der Waals surface area contributed by atoms with E-state index in [1.165, 1.54) is 0 Å². The fraction of sp³-hybridized carbons (Fsp3) is 0.636. The highest BCUT2D eigenvalue weighted by molar-refractivity contribution is 5.56. The van der Waals surface area contributed by atoms with Crippen molar-refractivity contribution < 1.29 is 9.84 Å². The van der Waals surface area contributed by atoms with Gasteiger partial charge in [-0.25, -0.2) is 9.97 Å². The van der Waals surface area contributed by atoms with Crippen molar-refractivity contribution >= 4 is 11.6 Å². The van der Waals surface area contributed by atoms with Crippen LogP contribution in [0, 0.1) is 13.8 Å². The summed E-state index contributed by atoms with van der Waals surface area (Å²) in [6.07, 6.45) is 0. The number of nitrogens with two attached hydrogens (primary N) is 1. The fourth-order valence-electron chi connectivity index (χ4n) is 1.59. The standard InChI is InChI=1S/C11H20N4O2/c1-8-10(12)13-9(2)14-11(8)15(4-6-16)5-7-17-3/h16H,4-7H2,1-3H3,(H2,12,13,14). The summed E-state index contributed by atoms with van der Waals surface area (Å²) in [6, 6.07) is 0. The van der Waals surface area contributed by atoms with Crippen LogP contribution in [0.15, 0.2) is 0 Å². The van der Waals surface area contributed by atoms with Gasteiger partial charge >= 0.3 is 0 Å². The van der Waals surface area contributed by atoms with Gasteiger partial charge in [0, 0.05) is 25.8 Å². The minimum atomic E-state index is 0.0616. The van der Waals surface area contributed by atoms with Crippen LogP contribution in [0.2, 0.25) is 0 Å². The van der Waals surface area contributed by atoms with E-state index in [-0.39, 0.29) is 6.61 Å². The van der Waals surface area contributed by atoms with Crippen LogP contribution in [0.25, 0.3) is 0 Å². The average Bonchev–Trinajstić information content (AvgIpc) is 2.29. The lowest BCUT2D eigenvalue weighted by atomic mass is 10.2. The normalized spacial score (nSPS) is 10.6. The molecule has 3 N–H and O–H groups in total. The monoisotopic (exact) mass is 240 g/mol. The summed E-state index contributed by atoms with van der Waals surface area (Å²) < 4.78 is 5.04. The molecule has 0 aromatic carbocycles. The first-order valence-electron chi connectivity index (χ1n) is 5.55. The van der Waals surface area contributed by atoms with Gasteiger partial charge in [0.15, 0.2) is 0 Å². The van der Waals surface area contributed by atoms with Crippen molar-refractivity contribution in [1.82, 2.24) is 9.97 Å². The van der Waals surface area contributed by atoms with Crippen molar-refractivity contribution in [3.05, 3.63) is 11.4 Å². The Morgan fingerprint density at radius 3 is 2.59 bits per heavy atom. The first-order chi connectivity index (χ1) is 8.10. The Kier molecular flexibility index (Phi) is 5.11. The Morgan fingerprint density at radius 2 is 2.00 bits per heavy atom. The Labute approximate surface area is 101 Å². The molecule has 0 saturated heterocycles. The molecule has 0 amide bonds. The second-order valence-corrected chi connectivity index (χ2v) is 3.81. The molecule has 1 heterocycles. The number of aryl methyl sites for hydroxylation is 1. The van der Waals surface area contributed by atoms with Gasteiger partial charge < -0.3 is 20.5 Å². The second-order valence-electron chi connectivity index (χ2n) is 3.81. The van der Waals surface area contributed by atoms with Crippen molar-refractivity contribution in [2.24, 2.45) is 0 Å². The molecule has 1 rings (SSSR count). The Hall–Kier alpha value is -1.40. The molecule has 0 spiro atoms. The minimum absolute atomic E-state index is 0.0616. The summed E-state index contributed by atoms with van der Waals surface area (Å²) >= 11 is 0. The molecule has 0 atom stereocenters. The van der Waals surface area contributed by atoms with Crippen LogP contribution in [-0.2, 0) is 4.74 Å². The molecule has 0 bridgehead atoms. The third-order valence-corrected chi connectivity index (χ3v) is 2.50. The smallest absolute Gasteiger partial charge is 0.137 e. The summed E-state index contributed by atoms with van der Waals surface area (Å²) in [5.74, 6) is 1.87. The minimum Gasteiger partial charge on any atom is -0.395 e. The molecule has 1 aromatic heterocycles. The lowest BCUT2D eigenvalue weighted by Crippen LogP contribution is -2.32. The van der Waals surface area contributed by atoms with E-state index in [9.17, 15) is 0 Å². The van der Waals surface area contributed by atoms with Gasteiger partial charge in [-0.3, -0.25) is 0 Å². The summed E-state index contributed by atoms with van der Waals surface area (Å²) in [5.41, 5.74) is 6.65. The first-order valence-corrected chi connectivity index (χ1v) is 5.55. The SMILES string of the molecule is COCCN(CCO)c1nc(C)nc(N)c1C. The maximum Gasteiger partial charge on any atom is 0.137 e. The largest absolute Gasteiger partial charge is 0.395 e. The van der Waals surface area contributed by atoms with Crippen LogP contribution in [0.4, 0.5) is 11.6 Å². The Balaban J connectivity index is 2.99. The Bertz CT molecular complexity index is 371. The van der Waals surface area contributed by atoms with E-state index in [4.69, 9.17) is 15.6 Å². The lowest BCUT2D eigenvalue weighted by molar-refractivity contribution is 0.202. The number of rotatable bonds is 6. The number of nitrogens with zero attached hydrogens (tertiary/aromatic N) is 3. The van der Waals surface area contributed by atoms with Gasteiger partial charge in [-0.15, -0.1) is 0 Å². The average molecular weight is 240 g/mol. The van der Waals surface area contributed by atoms with Crippen molar-refractivity contribution in [2.75, 3.05) is 44.0 Å². The molecule has 6 heteroatoms. The number of aromatic nitrogens is 2. The van der Waals surface area contributed by atoms with Crippen molar-refractivity contribution in [3.8, 4) is 0 Å². The maximum atomic E-state index is 9.07. The molecule has 0 aliphatic carbocycles. The van der Waals surface area contributed by atoms with Gasteiger partial charge in [-0.1, -0.05) is 0 Å². The van der Waals surface area contributed by atoms with Crippen LogP contribution >= 0.6 is 0 Å². The number of hydrogen-bond acceptors (Lipinski definition) is 6. The Morgan fingerprint density at radius 1 is 1.29 bits per heavy atom. The number of ether oxygens (including phenoxy) is 1. The van der Waals surface area contributed by atoms with Gasteiger partial charge in [0.05, 0.1) is 13.2 Å². The molecule has 0 fully saturated rings. The number of methoxy groups -OCH3 is 1. The fourth-order valence-corrected chi connectivity index (χ4v) is 1.59. The van der Waals surface area contributed by atoms with E-state index in [1.807, 2.05) is 11.8 Å². The van der Waals surface area contributed by atoms with E-state index in [2.05, 4.69) is 9.97 Å². The quantitative estimate of drug-likeness (QED) is 0.734. The van der Waals surface area contributed by atoms with Crippen LogP contribution < -0.4 is 10.6 Å². The summed E-state index contributed by atoms with van der Waals surface area (Å²) in [6.45, 7) is 5.47. The number of hydrogen-bond donors (Lipinski definition) is 2. The van der Waals surface area contributed by atoms with E-state index < -0.39 is 0 Å². The molecule has 1 aromatic rings. The third kappa shape index (κ3) is 3.54. The molecule has 0 aliphatic rings. The molecular formula is C11H20N4O2. The molecular weight excluding hydrogens is 220 g/mol. The predicted octanol–water partition coefficient (Wildman–Crippen LogP) is 0.121. The van der Waals surface area contributed by atoms with E-state index in [0.717, 1.165) is 11.4 Å². The zero-order valence-electron chi connectivity index (χ0n) is 10.6. The van der Waals surface area contributed by atoms with Crippen LogP contribution in [0.1, 0.15) is 11.4 Å². The first kappa shape index (κ1) is 13.7. The molecule has 0 aliphatic heterocycles. The summed E-state index contributed by atoms with van der Waals surface area (Å²) in [4.78, 5) is 10.4. The number of nitrogen functional groups attached to an aromatic ring is 1. The van der Waals surface area contributed by atoms with Crippen molar-refractivity contribution in [3.63, 3.8) is 0 Å².